The van der Waals surface area contributed by atoms with Gasteiger partial charge in [-0.05, 0) is 41.8 Å². The summed E-state index contributed by atoms with van der Waals surface area (Å²) in [6, 6.07) is 18.9. The quantitative estimate of drug-likeness (QED) is 0.125. The number of nitrogens with zero attached hydrogens (tertiary/aromatic N) is 2. The van der Waals surface area contributed by atoms with Crippen molar-refractivity contribution in [2.24, 2.45) is 0 Å². The number of carbonyl (C=O) groups is 2. The molecule has 2 amide bonds. The van der Waals surface area contributed by atoms with Crippen molar-refractivity contribution in [2.75, 3.05) is 6.61 Å². The van der Waals surface area contributed by atoms with Crippen molar-refractivity contribution in [1.82, 2.24) is 20.0 Å². The minimum atomic E-state index is -1.72. The standard InChI is InChI=1S/C35H28N4O9S/c40-13-22-30(43)31(44)32(45)35(48-22)38-21-11-16(42)6-8-19(21)25-27-26(24-18-7-5-15(41)10-20(18)37-28(24)29(25)38)33(46)39(34(27)47)36-12-17-9-14-3-1-2-4-23(14)49-17/h1-11,22,30-32,35-37,40-45H,12-13H2. The molecule has 49 heavy (non-hydrogen) atoms. The molecule has 3 aromatic heterocycles. The Labute approximate surface area is 279 Å². The van der Waals surface area contributed by atoms with E-state index in [9.17, 15) is 40.2 Å². The van der Waals surface area contributed by atoms with Gasteiger partial charge in [0.25, 0.3) is 11.8 Å². The zero-order chi connectivity index (χ0) is 33.9. The van der Waals surface area contributed by atoms with Crippen molar-refractivity contribution in [1.29, 1.82) is 0 Å². The predicted octanol–water partition coefficient (Wildman–Crippen LogP) is 3.33. The van der Waals surface area contributed by atoms with Gasteiger partial charge >= 0.3 is 0 Å². The molecule has 9 rings (SSSR count). The highest BCUT2D eigenvalue weighted by atomic mass is 32.1. The van der Waals surface area contributed by atoms with Crippen LogP contribution in [-0.2, 0) is 11.3 Å². The lowest BCUT2D eigenvalue weighted by Crippen LogP contribution is -2.56. The van der Waals surface area contributed by atoms with E-state index in [0.29, 0.717) is 38.1 Å². The molecular weight excluding hydrogens is 652 g/mol. The number of aliphatic hydroxyl groups excluding tert-OH is 4. The molecule has 5 atom stereocenters. The summed E-state index contributed by atoms with van der Waals surface area (Å²) in [5.41, 5.74) is 4.62. The number of benzene rings is 4. The Morgan fingerprint density at radius 1 is 0.837 bits per heavy atom. The van der Waals surface area contributed by atoms with E-state index in [-0.39, 0.29) is 34.7 Å². The first-order valence-electron chi connectivity index (χ1n) is 15.5. The number of imide groups is 1. The number of fused-ring (bicyclic) bond motifs is 11. The molecule has 14 heteroatoms. The van der Waals surface area contributed by atoms with Gasteiger partial charge in [-0.2, -0.15) is 0 Å². The summed E-state index contributed by atoms with van der Waals surface area (Å²) in [5.74, 6) is -1.40. The Kier molecular flexibility index (Phi) is 6.57. The average Bonchev–Trinajstić information content (AvgIpc) is 3.82. The van der Waals surface area contributed by atoms with E-state index in [1.54, 1.807) is 23.5 Å². The summed E-state index contributed by atoms with van der Waals surface area (Å²) in [5, 5.41) is 67.3. The van der Waals surface area contributed by atoms with Gasteiger partial charge in [-0.25, -0.2) is 10.4 Å². The lowest BCUT2D eigenvalue weighted by atomic mass is 9.96. The second-order valence-electron chi connectivity index (χ2n) is 12.4. The van der Waals surface area contributed by atoms with E-state index in [2.05, 4.69) is 10.4 Å². The first kappa shape index (κ1) is 30.0. The molecule has 5 unspecified atom stereocenters. The number of phenols is 2. The monoisotopic (exact) mass is 680 g/mol. The number of phenolic OH excluding ortho intramolecular Hbond substituents is 2. The van der Waals surface area contributed by atoms with Crippen molar-refractivity contribution in [3.8, 4) is 11.5 Å². The third-order valence-electron chi connectivity index (χ3n) is 9.60. The van der Waals surface area contributed by atoms with Crippen molar-refractivity contribution in [3.63, 3.8) is 0 Å². The van der Waals surface area contributed by atoms with Crippen LogP contribution in [0.4, 0.5) is 0 Å². The highest BCUT2D eigenvalue weighted by molar-refractivity contribution is 7.19. The fraction of sp³-hybridized carbons (Fsp3) is 0.200. The maximum absolute atomic E-state index is 14.5. The van der Waals surface area contributed by atoms with Crippen LogP contribution < -0.4 is 5.43 Å². The maximum atomic E-state index is 14.5. The van der Waals surface area contributed by atoms with Crippen LogP contribution in [0.5, 0.6) is 11.5 Å². The molecule has 7 aromatic rings. The molecule has 2 aliphatic heterocycles. The number of rotatable bonds is 5. The summed E-state index contributed by atoms with van der Waals surface area (Å²) in [6.45, 7) is -0.479. The van der Waals surface area contributed by atoms with E-state index >= 15 is 0 Å². The number of thiophene rings is 1. The van der Waals surface area contributed by atoms with Crippen molar-refractivity contribution >= 4 is 76.8 Å². The molecule has 13 nitrogen and oxygen atoms in total. The molecule has 0 aliphatic carbocycles. The van der Waals surface area contributed by atoms with Gasteiger partial charge in [-0.15, -0.1) is 11.3 Å². The number of aromatic amines is 1. The predicted molar refractivity (Wildman–Crippen MR) is 180 cm³/mol. The SMILES string of the molecule is O=C1c2c(c3c4ccc(O)cc4n(C4OC(CO)C(O)C(O)C4O)c3c3[nH]c4cc(O)ccc4c23)C(=O)N1NCc1cc2ccccc2s1. The van der Waals surface area contributed by atoms with Crippen LogP contribution in [0.1, 0.15) is 31.8 Å². The number of amides is 2. The maximum Gasteiger partial charge on any atom is 0.276 e. The van der Waals surface area contributed by atoms with Crippen LogP contribution >= 0.6 is 11.3 Å². The zero-order valence-corrected chi connectivity index (χ0v) is 26.2. The van der Waals surface area contributed by atoms with Gasteiger partial charge in [0.1, 0.15) is 35.9 Å². The molecule has 1 saturated heterocycles. The minimum Gasteiger partial charge on any atom is -0.508 e. The Hall–Kier alpha value is -5.06. The molecular formula is C35H28N4O9S. The lowest BCUT2D eigenvalue weighted by Gasteiger charge is -2.41. The van der Waals surface area contributed by atoms with Gasteiger partial charge in [-0.1, -0.05) is 18.2 Å². The summed E-state index contributed by atoms with van der Waals surface area (Å²) in [4.78, 5) is 33.0. The summed E-state index contributed by atoms with van der Waals surface area (Å²) in [7, 11) is 0. The average molecular weight is 681 g/mol. The molecule has 0 bridgehead atoms. The van der Waals surface area contributed by atoms with Crippen LogP contribution in [0, 0.1) is 0 Å². The number of hydrazine groups is 1. The number of hydrogen-bond acceptors (Lipinski definition) is 11. The fourth-order valence-corrected chi connectivity index (χ4v) is 8.39. The number of aromatic hydroxyl groups is 2. The van der Waals surface area contributed by atoms with Gasteiger partial charge in [0.15, 0.2) is 6.23 Å². The molecule has 8 N–H and O–H groups in total. The molecule has 248 valence electrons. The second kappa shape index (κ2) is 10.7. The second-order valence-corrected chi connectivity index (χ2v) is 13.6. The van der Waals surface area contributed by atoms with Gasteiger partial charge in [-0.3, -0.25) is 9.59 Å². The van der Waals surface area contributed by atoms with E-state index in [1.165, 1.54) is 28.8 Å². The number of aliphatic hydroxyl groups is 4. The minimum absolute atomic E-state index is 0.0413. The van der Waals surface area contributed by atoms with Crippen LogP contribution in [0.2, 0.25) is 0 Å². The fourth-order valence-electron chi connectivity index (χ4n) is 7.40. The van der Waals surface area contributed by atoms with Crippen LogP contribution in [0.15, 0.2) is 66.7 Å². The Balaban J connectivity index is 1.32. The normalized spacial score (nSPS) is 22.9. The van der Waals surface area contributed by atoms with E-state index in [1.807, 2.05) is 30.3 Å². The van der Waals surface area contributed by atoms with Gasteiger partial charge in [0.05, 0.1) is 46.3 Å². The molecule has 4 aromatic carbocycles. The number of ether oxygens (including phenoxy) is 1. The smallest absolute Gasteiger partial charge is 0.276 e. The molecule has 0 saturated carbocycles. The van der Waals surface area contributed by atoms with Crippen LogP contribution in [0.3, 0.4) is 0 Å². The van der Waals surface area contributed by atoms with E-state index in [4.69, 9.17) is 4.74 Å². The van der Waals surface area contributed by atoms with Crippen LogP contribution in [-0.4, -0.2) is 88.0 Å². The molecule has 0 spiro atoms. The van der Waals surface area contributed by atoms with Crippen molar-refractivity contribution in [2.45, 2.75) is 37.2 Å². The first-order valence-corrected chi connectivity index (χ1v) is 16.3. The summed E-state index contributed by atoms with van der Waals surface area (Å²) < 4.78 is 8.58. The molecule has 1 fully saturated rings. The van der Waals surface area contributed by atoms with Gasteiger partial charge in [0, 0.05) is 43.3 Å². The summed E-state index contributed by atoms with van der Waals surface area (Å²) >= 11 is 1.54. The zero-order valence-electron chi connectivity index (χ0n) is 25.4. The van der Waals surface area contributed by atoms with E-state index < -0.39 is 49.1 Å². The van der Waals surface area contributed by atoms with Gasteiger partial charge in [0.2, 0.25) is 0 Å². The first-order chi connectivity index (χ1) is 23.7. The largest absolute Gasteiger partial charge is 0.508 e. The van der Waals surface area contributed by atoms with Crippen LogP contribution in [0.25, 0.3) is 53.7 Å². The number of H-pyrrole nitrogens is 1. The number of hydrogen-bond donors (Lipinski definition) is 8. The van der Waals surface area contributed by atoms with Gasteiger partial charge < -0.3 is 44.9 Å². The third kappa shape index (κ3) is 4.20. The van der Waals surface area contributed by atoms with Crippen molar-refractivity contribution in [3.05, 3.63) is 82.7 Å². The number of nitrogens with one attached hydrogen (secondary N) is 2. The number of aromatic nitrogens is 2. The Bertz CT molecular complexity index is 2500. The molecule has 2 aliphatic rings. The lowest BCUT2D eigenvalue weighted by molar-refractivity contribution is -0.249. The highest BCUT2D eigenvalue weighted by Gasteiger charge is 2.47. The summed E-state index contributed by atoms with van der Waals surface area (Å²) in [6.07, 6.45) is -7.74. The Morgan fingerprint density at radius 3 is 2.31 bits per heavy atom. The molecule has 5 heterocycles. The molecule has 0 radical (unpaired) electrons. The Morgan fingerprint density at radius 2 is 1.55 bits per heavy atom. The highest BCUT2D eigenvalue weighted by Crippen LogP contribution is 2.48. The third-order valence-corrected chi connectivity index (χ3v) is 10.7. The topological polar surface area (TPSA) is 201 Å². The number of carbonyl (C=O) groups excluding carboxylic acids is 2. The van der Waals surface area contributed by atoms with Crippen molar-refractivity contribution < 1.29 is 45.0 Å². The van der Waals surface area contributed by atoms with E-state index in [0.717, 1.165) is 20.0 Å².